The molecule has 0 bridgehead atoms. The van der Waals surface area contributed by atoms with E-state index in [0.717, 1.165) is 37.3 Å². The first-order valence-electron chi connectivity index (χ1n) is 8.93. The third kappa shape index (κ3) is 4.84. The van der Waals surface area contributed by atoms with E-state index < -0.39 is 0 Å². The van der Waals surface area contributed by atoms with Gasteiger partial charge in [0.05, 0.1) is 35.9 Å². The third-order valence-corrected chi connectivity index (χ3v) is 4.62. The highest BCUT2D eigenvalue weighted by Crippen LogP contribution is 2.18. The highest BCUT2D eigenvalue weighted by atomic mass is 35.5. The fourth-order valence-electron chi connectivity index (χ4n) is 2.96. The Morgan fingerprint density at radius 3 is 3.15 bits per heavy atom. The first-order valence-corrected chi connectivity index (χ1v) is 9.31. The Labute approximate surface area is 158 Å². The van der Waals surface area contributed by atoms with Gasteiger partial charge in [-0.25, -0.2) is 4.68 Å². The molecule has 1 aromatic heterocycles. The molecule has 1 aromatic carbocycles. The van der Waals surface area contributed by atoms with Crippen LogP contribution in [0.3, 0.4) is 0 Å². The molecule has 3 rings (SSSR count). The Bertz CT molecular complexity index is 741. The number of hydrogen-bond acceptors (Lipinski definition) is 4. The number of hydrogen-bond donors (Lipinski definition) is 1. The van der Waals surface area contributed by atoms with Crippen molar-refractivity contribution >= 4 is 17.5 Å². The monoisotopic (exact) mass is 377 g/mol. The highest BCUT2D eigenvalue weighted by molar-refractivity contribution is 6.30. The lowest BCUT2D eigenvalue weighted by Crippen LogP contribution is -2.26. The number of benzene rings is 1. The van der Waals surface area contributed by atoms with Crippen LogP contribution in [0.2, 0.25) is 5.02 Å². The zero-order valence-corrected chi connectivity index (χ0v) is 15.7. The number of carbonyl (C=O) groups excluding carboxylic acids is 1. The van der Waals surface area contributed by atoms with Gasteiger partial charge >= 0.3 is 0 Å². The van der Waals surface area contributed by atoms with Crippen LogP contribution >= 0.6 is 11.6 Å². The number of carbonyl (C=O) groups is 1. The number of ether oxygens (including phenoxy) is 2. The van der Waals surface area contributed by atoms with Crippen molar-refractivity contribution in [3.8, 4) is 5.69 Å². The number of rotatable bonds is 8. The lowest BCUT2D eigenvalue weighted by atomic mass is 10.2. The summed E-state index contributed by atoms with van der Waals surface area (Å²) in [4.78, 5) is 12.4. The molecule has 1 fully saturated rings. The van der Waals surface area contributed by atoms with E-state index in [-0.39, 0.29) is 12.0 Å². The summed E-state index contributed by atoms with van der Waals surface area (Å²) in [6.45, 7) is 4.52. The van der Waals surface area contributed by atoms with E-state index in [1.165, 1.54) is 0 Å². The van der Waals surface area contributed by atoms with Gasteiger partial charge in [0.2, 0.25) is 0 Å². The Morgan fingerprint density at radius 2 is 2.38 bits per heavy atom. The molecule has 140 valence electrons. The van der Waals surface area contributed by atoms with Gasteiger partial charge in [-0.2, -0.15) is 5.10 Å². The van der Waals surface area contributed by atoms with Crippen molar-refractivity contribution in [3.05, 3.63) is 46.7 Å². The maximum atomic E-state index is 12.4. The predicted molar refractivity (Wildman–Crippen MR) is 100 cm³/mol. The highest BCUT2D eigenvalue weighted by Gasteiger charge is 2.16. The Hall–Kier alpha value is -1.89. The molecule has 1 amide bonds. The first kappa shape index (κ1) is 18.9. The van der Waals surface area contributed by atoms with Crippen LogP contribution in [0.15, 0.2) is 30.5 Å². The molecule has 2 aromatic rings. The van der Waals surface area contributed by atoms with Crippen molar-refractivity contribution in [1.29, 1.82) is 0 Å². The van der Waals surface area contributed by atoms with Crippen molar-refractivity contribution in [3.63, 3.8) is 0 Å². The Kier molecular flexibility index (Phi) is 6.66. The van der Waals surface area contributed by atoms with Crippen LogP contribution in [-0.4, -0.2) is 48.2 Å². The van der Waals surface area contributed by atoms with E-state index in [9.17, 15) is 4.79 Å². The van der Waals surface area contributed by atoms with Gasteiger partial charge in [-0.15, -0.1) is 0 Å². The fourth-order valence-corrected chi connectivity index (χ4v) is 3.15. The third-order valence-electron chi connectivity index (χ3n) is 4.39. The van der Waals surface area contributed by atoms with Gasteiger partial charge in [0.25, 0.3) is 5.91 Å². The molecule has 0 aliphatic carbocycles. The largest absolute Gasteiger partial charge is 0.379 e. The molecule has 1 N–H and O–H groups in total. The standard InChI is InChI=1S/C19H24ClN3O3/c1-14-18(12-22-23(14)16-6-2-5-15(20)11-16)19(24)21-8-4-9-25-13-17-7-3-10-26-17/h2,5-6,11-12,17H,3-4,7-10,13H2,1H3,(H,21,24). The molecular formula is C19H24ClN3O3. The molecule has 1 unspecified atom stereocenters. The second-order valence-corrected chi connectivity index (χ2v) is 6.79. The minimum absolute atomic E-state index is 0.130. The molecule has 26 heavy (non-hydrogen) atoms. The van der Waals surface area contributed by atoms with Crippen LogP contribution in [0.4, 0.5) is 0 Å². The van der Waals surface area contributed by atoms with Crippen LogP contribution in [0.25, 0.3) is 5.69 Å². The topological polar surface area (TPSA) is 65.4 Å². The van der Waals surface area contributed by atoms with E-state index in [4.69, 9.17) is 21.1 Å². The molecule has 0 spiro atoms. The minimum Gasteiger partial charge on any atom is -0.379 e. The normalized spacial score (nSPS) is 16.8. The molecule has 2 heterocycles. The number of amides is 1. The Balaban J connectivity index is 1.44. The molecule has 1 saturated heterocycles. The molecule has 0 saturated carbocycles. The van der Waals surface area contributed by atoms with Crippen molar-refractivity contribution in [2.75, 3.05) is 26.4 Å². The summed E-state index contributed by atoms with van der Waals surface area (Å²) in [6.07, 6.45) is 4.78. The molecular weight excluding hydrogens is 354 g/mol. The van der Waals surface area contributed by atoms with Crippen LogP contribution in [0, 0.1) is 6.92 Å². The second kappa shape index (κ2) is 9.16. The second-order valence-electron chi connectivity index (χ2n) is 6.35. The molecule has 0 radical (unpaired) electrons. The van der Waals surface area contributed by atoms with Gasteiger partial charge < -0.3 is 14.8 Å². The number of halogens is 1. The molecule has 1 atom stereocenters. The predicted octanol–water partition coefficient (Wildman–Crippen LogP) is 3.15. The van der Waals surface area contributed by atoms with Crippen molar-refractivity contribution < 1.29 is 14.3 Å². The number of aromatic nitrogens is 2. The first-order chi connectivity index (χ1) is 12.6. The summed E-state index contributed by atoms with van der Waals surface area (Å²) in [5.74, 6) is -0.130. The maximum Gasteiger partial charge on any atom is 0.254 e. The summed E-state index contributed by atoms with van der Waals surface area (Å²) in [7, 11) is 0. The van der Waals surface area contributed by atoms with Crippen molar-refractivity contribution in [2.45, 2.75) is 32.3 Å². The quantitative estimate of drug-likeness (QED) is 0.718. The SMILES string of the molecule is Cc1c(C(=O)NCCCOCC2CCCO2)cnn1-c1cccc(Cl)c1. The van der Waals surface area contributed by atoms with Gasteiger partial charge in [0.1, 0.15) is 0 Å². The molecule has 7 heteroatoms. The summed E-state index contributed by atoms with van der Waals surface area (Å²) < 4.78 is 12.8. The average molecular weight is 378 g/mol. The molecule has 1 aliphatic rings. The van der Waals surface area contributed by atoms with E-state index >= 15 is 0 Å². The average Bonchev–Trinajstić information content (AvgIpc) is 3.27. The van der Waals surface area contributed by atoms with Gasteiger partial charge in [0, 0.05) is 24.8 Å². The molecule has 6 nitrogen and oxygen atoms in total. The lowest BCUT2D eigenvalue weighted by molar-refractivity contribution is 0.0166. The fraction of sp³-hybridized carbons (Fsp3) is 0.474. The smallest absolute Gasteiger partial charge is 0.254 e. The minimum atomic E-state index is -0.130. The summed E-state index contributed by atoms with van der Waals surface area (Å²) >= 11 is 6.03. The summed E-state index contributed by atoms with van der Waals surface area (Å²) in [5.41, 5.74) is 2.17. The number of nitrogens with zero attached hydrogens (tertiary/aromatic N) is 2. The zero-order chi connectivity index (χ0) is 18.4. The summed E-state index contributed by atoms with van der Waals surface area (Å²) in [5, 5.41) is 7.85. The van der Waals surface area contributed by atoms with Gasteiger partial charge in [0.15, 0.2) is 0 Å². The maximum absolute atomic E-state index is 12.4. The van der Waals surface area contributed by atoms with Crippen molar-refractivity contribution in [1.82, 2.24) is 15.1 Å². The van der Waals surface area contributed by atoms with E-state index in [0.29, 0.717) is 30.3 Å². The van der Waals surface area contributed by atoms with Gasteiger partial charge in [-0.1, -0.05) is 17.7 Å². The van der Waals surface area contributed by atoms with E-state index in [1.54, 1.807) is 16.9 Å². The summed E-state index contributed by atoms with van der Waals surface area (Å²) in [6, 6.07) is 7.38. The van der Waals surface area contributed by atoms with Gasteiger partial charge in [-0.05, 0) is 44.4 Å². The van der Waals surface area contributed by atoms with E-state index in [1.807, 2.05) is 25.1 Å². The number of nitrogens with one attached hydrogen (secondary N) is 1. The van der Waals surface area contributed by atoms with Crippen LogP contribution < -0.4 is 5.32 Å². The Morgan fingerprint density at radius 1 is 1.50 bits per heavy atom. The molecule has 1 aliphatic heterocycles. The zero-order valence-electron chi connectivity index (χ0n) is 14.9. The lowest BCUT2D eigenvalue weighted by Gasteiger charge is -2.10. The van der Waals surface area contributed by atoms with Gasteiger partial charge in [-0.3, -0.25) is 4.79 Å². The van der Waals surface area contributed by atoms with Crippen molar-refractivity contribution in [2.24, 2.45) is 0 Å². The van der Waals surface area contributed by atoms with Crippen LogP contribution in [0.1, 0.15) is 35.3 Å². The van der Waals surface area contributed by atoms with Crippen LogP contribution in [-0.2, 0) is 9.47 Å². The van der Waals surface area contributed by atoms with E-state index in [2.05, 4.69) is 10.4 Å². The van der Waals surface area contributed by atoms with Crippen LogP contribution in [0.5, 0.6) is 0 Å².